The Morgan fingerprint density at radius 1 is 1.05 bits per heavy atom. The molecule has 42 heavy (non-hydrogen) atoms. The van der Waals surface area contributed by atoms with Gasteiger partial charge in [0.05, 0.1) is 32.7 Å². The molecule has 3 N–H and O–H groups in total. The van der Waals surface area contributed by atoms with Crippen molar-refractivity contribution in [3.8, 4) is 28.7 Å². The Morgan fingerprint density at radius 2 is 1.79 bits per heavy atom. The molecule has 0 unspecified atom stereocenters. The SMILES string of the molecule is CCCCN(CCCCN)C(=O)CN1C[C@H](c2cc(OC)c3c(c2)OCO3)[C@@H](C(=O)O)[C@@H]1COc1ccccc1OC. The zero-order valence-electron chi connectivity index (χ0n) is 24.8. The van der Waals surface area contributed by atoms with Gasteiger partial charge in [0.1, 0.15) is 6.61 Å². The summed E-state index contributed by atoms with van der Waals surface area (Å²) in [5.41, 5.74) is 6.44. The number of hydrogen-bond donors (Lipinski definition) is 2. The highest BCUT2D eigenvalue weighted by molar-refractivity contribution is 5.79. The maximum atomic E-state index is 13.7. The number of carboxylic acid groups (broad SMARTS) is 1. The van der Waals surface area contributed by atoms with E-state index in [9.17, 15) is 14.7 Å². The molecular formula is C31H43N3O8. The van der Waals surface area contributed by atoms with Crippen LogP contribution in [0.2, 0.25) is 0 Å². The number of fused-ring (bicyclic) bond motifs is 1. The molecule has 0 bridgehead atoms. The lowest BCUT2D eigenvalue weighted by Crippen LogP contribution is -2.46. The molecule has 1 fully saturated rings. The summed E-state index contributed by atoms with van der Waals surface area (Å²) in [5.74, 6) is 0.231. The Bertz CT molecular complexity index is 1210. The van der Waals surface area contributed by atoms with Gasteiger partial charge < -0.3 is 39.4 Å². The summed E-state index contributed by atoms with van der Waals surface area (Å²) < 4.78 is 28.3. The van der Waals surface area contributed by atoms with Crippen LogP contribution in [0.15, 0.2) is 36.4 Å². The maximum absolute atomic E-state index is 13.7. The minimum atomic E-state index is -0.967. The van der Waals surface area contributed by atoms with Gasteiger partial charge in [0, 0.05) is 25.6 Å². The highest BCUT2D eigenvalue weighted by Gasteiger charge is 2.48. The fraction of sp³-hybridized carbons (Fsp3) is 0.548. The second-order valence-electron chi connectivity index (χ2n) is 10.6. The number of carbonyl (C=O) groups is 2. The van der Waals surface area contributed by atoms with Crippen molar-refractivity contribution in [3.63, 3.8) is 0 Å². The van der Waals surface area contributed by atoms with Gasteiger partial charge in [-0.3, -0.25) is 14.5 Å². The topological polar surface area (TPSA) is 133 Å². The van der Waals surface area contributed by atoms with Crippen LogP contribution in [0.25, 0.3) is 0 Å². The first-order chi connectivity index (χ1) is 20.4. The standard InChI is InChI=1S/C31H43N3O8/c1-4-5-13-33(14-9-8-12-32)28(35)18-34-17-22(21-15-26(39-3)30-27(16-21)41-20-42-30)29(31(36)37)23(34)19-40-25-11-7-6-10-24(25)38-2/h6-7,10-11,15-16,22-23,29H,4-5,8-9,12-14,17-20,32H2,1-3H3,(H,36,37)/t22-,23+,29-/m1/s1. The molecule has 230 valence electrons. The molecular weight excluding hydrogens is 542 g/mol. The predicted octanol–water partition coefficient (Wildman–Crippen LogP) is 3.35. The van der Waals surface area contributed by atoms with E-state index >= 15 is 0 Å². The highest BCUT2D eigenvalue weighted by Crippen LogP contribution is 2.47. The van der Waals surface area contributed by atoms with E-state index in [4.69, 9.17) is 29.4 Å². The van der Waals surface area contributed by atoms with Crippen LogP contribution in [-0.4, -0.2) is 93.2 Å². The van der Waals surface area contributed by atoms with E-state index < -0.39 is 23.8 Å². The first-order valence-electron chi connectivity index (χ1n) is 14.6. The van der Waals surface area contributed by atoms with Crippen LogP contribution >= 0.6 is 0 Å². The van der Waals surface area contributed by atoms with Crippen LogP contribution in [0.5, 0.6) is 28.7 Å². The van der Waals surface area contributed by atoms with Crippen molar-refractivity contribution in [2.24, 2.45) is 11.7 Å². The van der Waals surface area contributed by atoms with E-state index in [2.05, 4.69) is 6.92 Å². The normalized spacial score (nSPS) is 19.5. The Kier molecular flexibility index (Phi) is 11.1. The smallest absolute Gasteiger partial charge is 0.308 e. The average Bonchev–Trinajstić information content (AvgIpc) is 3.62. The number of likely N-dealkylation sites (tertiary alicyclic amines) is 1. The number of benzene rings is 2. The molecule has 0 radical (unpaired) electrons. The molecule has 0 aliphatic carbocycles. The van der Waals surface area contributed by atoms with Crippen molar-refractivity contribution < 1.29 is 38.4 Å². The first-order valence-corrected chi connectivity index (χ1v) is 14.6. The van der Waals surface area contributed by atoms with E-state index in [1.807, 2.05) is 28.0 Å². The lowest BCUT2D eigenvalue weighted by atomic mass is 9.85. The zero-order valence-corrected chi connectivity index (χ0v) is 24.8. The molecule has 2 heterocycles. The van der Waals surface area contributed by atoms with Gasteiger partial charge in [0.15, 0.2) is 23.0 Å². The van der Waals surface area contributed by atoms with Crippen LogP contribution < -0.4 is 29.4 Å². The van der Waals surface area contributed by atoms with Crippen LogP contribution in [0.4, 0.5) is 0 Å². The third-order valence-electron chi connectivity index (χ3n) is 7.98. The molecule has 0 aromatic heterocycles. The first kappa shape index (κ1) is 31.2. The number of unbranched alkanes of at least 4 members (excludes halogenated alkanes) is 2. The summed E-state index contributed by atoms with van der Waals surface area (Å²) in [6, 6.07) is 10.3. The van der Waals surface area contributed by atoms with Gasteiger partial charge in [0.2, 0.25) is 18.4 Å². The van der Waals surface area contributed by atoms with Crippen molar-refractivity contribution in [2.75, 3.05) is 60.3 Å². The fourth-order valence-corrected chi connectivity index (χ4v) is 5.75. The van der Waals surface area contributed by atoms with E-state index in [0.717, 1.165) is 31.2 Å². The Labute approximate surface area is 247 Å². The predicted molar refractivity (Wildman–Crippen MR) is 157 cm³/mol. The second-order valence-corrected chi connectivity index (χ2v) is 10.6. The second kappa shape index (κ2) is 15.0. The summed E-state index contributed by atoms with van der Waals surface area (Å²) in [5, 5.41) is 10.6. The van der Waals surface area contributed by atoms with Gasteiger partial charge >= 0.3 is 5.97 Å². The summed E-state index contributed by atoms with van der Waals surface area (Å²) in [6.45, 7) is 4.49. The molecule has 2 aliphatic heterocycles. The van der Waals surface area contributed by atoms with Crippen molar-refractivity contribution >= 4 is 11.9 Å². The van der Waals surface area contributed by atoms with Gasteiger partial charge in [-0.1, -0.05) is 25.5 Å². The molecule has 2 aromatic carbocycles. The number of aliphatic carboxylic acids is 1. The molecule has 0 spiro atoms. The van der Waals surface area contributed by atoms with Crippen LogP contribution in [0.3, 0.4) is 0 Å². The minimum absolute atomic E-state index is 0.0316. The summed E-state index contributed by atoms with van der Waals surface area (Å²) in [7, 11) is 3.09. The number of carboxylic acids is 1. The van der Waals surface area contributed by atoms with Crippen molar-refractivity contribution in [1.82, 2.24) is 9.80 Å². The largest absolute Gasteiger partial charge is 0.493 e. The quantitative estimate of drug-likeness (QED) is 0.283. The number of rotatable bonds is 16. The fourth-order valence-electron chi connectivity index (χ4n) is 5.75. The molecule has 1 saturated heterocycles. The molecule has 3 atom stereocenters. The van der Waals surface area contributed by atoms with E-state index in [1.165, 1.54) is 7.11 Å². The van der Waals surface area contributed by atoms with Crippen molar-refractivity contribution in [2.45, 2.75) is 44.6 Å². The van der Waals surface area contributed by atoms with E-state index in [1.54, 1.807) is 25.3 Å². The summed E-state index contributed by atoms with van der Waals surface area (Å²) in [6.07, 6.45) is 3.52. The summed E-state index contributed by atoms with van der Waals surface area (Å²) >= 11 is 0. The highest BCUT2D eigenvalue weighted by atomic mass is 16.7. The number of hydrogen-bond acceptors (Lipinski definition) is 9. The minimum Gasteiger partial charge on any atom is -0.493 e. The summed E-state index contributed by atoms with van der Waals surface area (Å²) in [4.78, 5) is 30.4. The van der Waals surface area contributed by atoms with E-state index in [-0.39, 0.29) is 25.9 Å². The van der Waals surface area contributed by atoms with Gasteiger partial charge in [-0.05, 0) is 55.6 Å². The Balaban J connectivity index is 1.64. The lowest BCUT2D eigenvalue weighted by molar-refractivity contribution is -0.144. The molecule has 11 nitrogen and oxygen atoms in total. The van der Waals surface area contributed by atoms with Gasteiger partial charge in [-0.2, -0.15) is 0 Å². The Hall–Kier alpha value is -3.70. The zero-order chi connectivity index (χ0) is 30.1. The number of para-hydroxylation sites is 2. The lowest BCUT2D eigenvalue weighted by Gasteiger charge is -2.29. The van der Waals surface area contributed by atoms with Crippen LogP contribution in [0, 0.1) is 5.92 Å². The number of ether oxygens (including phenoxy) is 5. The number of nitrogens with zero attached hydrogens (tertiary/aromatic N) is 2. The van der Waals surface area contributed by atoms with Gasteiger partial charge in [-0.25, -0.2) is 0 Å². The van der Waals surface area contributed by atoms with Gasteiger partial charge in [-0.15, -0.1) is 0 Å². The molecule has 2 aromatic rings. The Morgan fingerprint density at radius 3 is 2.48 bits per heavy atom. The molecule has 0 saturated carbocycles. The number of amides is 1. The molecule has 1 amide bonds. The number of nitrogens with two attached hydrogens (primary N) is 1. The van der Waals surface area contributed by atoms with Gasteiger partial charge in [0.25, 0.3) is 0 Å². The van der Waals surface area contributed by atoms with Crippen molar-refractivity contribution in [1.29, 1.82) is 0 Å². The maximum Gasteiger partial charge on any atom is 0.308 e. The number of carbonyl (C=O) groups excluding carboxylic acids is 1. The average molecular weight is 586 g/mol. The van der Waals surface area contributed by atoms with E-state index in [0.29, 0.717) is 54.9 Å². The molecule has 11 heteroatoms. The molecule has 4 rings (SSSR count). The van der Waals surface area contributed by atoms with Crippen LogP contribution in [0.1, 0.15) is 44.1 Å². The van der Waals surface area contributed by atoms with Crippen molar-refractivity contribution in [3.05, 3.63) is 42.0 Å². The number of methoxy groups -OCH3 is 2. The third-order valence-corrected chi connectivity index (χ3v) is 7.98. The third kappa shape index (κ3) is 7.19. The monoisotopic (exact) mass is 585 g/mol. The molecule has 2 aliphatic rings. The van der Waals surface area contributed by atoms with Crippen LogP contribution in [-0.2, 0) is 9.59 Å².